The second-order valence-corrected chi connectivity index (χ2v) is 15.9. The molecular formula is C57H34N4O2. The average molecular weight is 807 g/mol. The fourth-order valence-electron chi connectivity index (χ4n) is 9.40. The Morgan fingerprint density at radius 2 is 0.905 bits per heavy atom. The van der Waals surface area contributed by atoms with Crippen LogP contribution in [0.1, 0.15) is 0 Å². The number of furan rings is 2. The molecule has 4 heterocycles. The molecule has 0 fully saturated rings. The van der Waals surface area contributed by atoms with Crippen LogP contribution in [0, 0.1) is 0 Å². The summed E-state index contributed by atoms with van der Waals surface area (Å²) in [5.74, 6) is 1.69. The summed E-state index contributed by atoms with van der Waals surface area (Å²) in [6.07, 6.45) is 0. The summed E-state index contributed by atoms with van der Waals surface area (Å²) in [7, 11) is 0. The van der Waals surface area contributed by atoms with E-state index in [0.717, 1.165) is 99.5 Å². The third-order valence-corrected chi connectivity index (χ3v) is 12.3. The normalized spacial score (nSPS) is 11.8. The lowest BCUT2D eigenvalue weighted by Crippen LogP contribution is -2.00. The molecule has 0 atom stereocenters. The standard InChI is InChI=1S/C57H34N4O2/c1-4-15-35(16-5-1)37-29-31-41-42-32-30-38(34-51(42)62-50(41)33-37)56-58-55(36-17-6-2-7-18-36)59-57(60-56)47-26-14-28-49-52(47)46-25-13-24-45(54(46)63-49)44-23-12-22-43-40-21-10-11-27-48(40)61(53(43)44)39-19-8-3-9-20-39/h1-34H. The SMILES string of the molecule is c1ccc(-c2ccc3c(c2)oc2cc(-c4nc(-c5ccccc5)nc(-c5cccc6oc7c(-c8cccc9c%10ccccc%10n(-c%10ccccc%10)c89)cccc7c56)n4)ccc23)cc1. The van der Waals surface area contributed by atoms with E-state index in [1.165, 1.54) is 10.8 Å². The van der Waals surface area contributed by atoms with E-state index in [-0.39, 0.29) is 0 Å². The Hall–Kier alpha value is -8.61. The van der Waals surface area contributed by atoms with Crippen molar-refractivity contribution in [3.05, 3.63) is 206 Å². The minimum Gasteiger partial charge on any atom is -0.456 e. The molecule has 6 nitrogen and oxygen atoms in total. The molecule has 9 aromatic carbocycles. The summed E-state index contributed by atoms with van der Waals surface area (Å²) < 4.78 is 15.8. The monoisotopic (exact) mass is 806 g/mol. The van der Waals surface area contributed by atoms with E-state index in [1.54, 1.807) is 0 Å². The summed E-state index contributed by atoms with van der Waals surface area (Å²) in [6, 6.07) is 71.4. The van der Waals surface area contributed by atoms with Crippen LogP contribution < -0.4 is 0 Å². The zero-order valence-electron chi connectivity index (χ0n) is 33.7. The van der Waals surface area contributed by atoms with E-state index < -0.39 is 0 Å². The number of hydrogen-bond donors (Lipinski definition) is 0. The number of rotatable bonds is 6. The maximum absolute atomic E-state index is 6.92. The zero-order valence-corrected chi connectivity index (χ0v) is 33.7. The predicted octanol–water partition coefficient (Wildman–Crippen LogP) is 15.1. The lowest BCUT2D eigenvalue weighted by molar-refractivity contribution is 0.669. The van der Waals surface area contributed by atoms with Gasteiger partial charge in [-0.2, -0.15) is 0 Å². The largest absolute Gasteiger partial charge is 0.456 e. The molecule has 0 saturated carbocycles. The highest BCUT2D eigenvalue weighted by Gasteiger charge is 2.23. The predicted molar refractivity (Wildman–Crippen MR) is 256 cm³/mol. The molecule has 13 rings (SSSR count). The van der Waals surface area contributed by atoms with Gasteiger partial charge in [-0.1, -0.05) is 158 Å². The first-order valence-corrected chi connectivity index (χ1v) is 21.1. The fourth-order valence-corrected chi connectivity index (χ4v) is 9.40. The molecule has 0 saturated heterocycles. The highest BCUT2D eigenvalue weighted by molar-refractivity contribution is 6.19. The van der Waals surface area contributed by atoms with Crippen molar-refractivity contribution in [2.24, 2.45) is 0 Å². The van der Waals surface area contributed by atoms with Crippen LogP contribution in [0.4, 0.5) is 0 Å². The topological polar surface area (TPSA) is 69.9 Å². The fraction of sp³-hybridized carbons (Fsp3) is 0. The zero-order chi connectivity index (χ0) is 41.4. The van der Waals surface area contributed by atoms with Crippen molar-refractivity contribution >= 4 is 65.7 Å². The maximum Gasteiger partial charge on any atom is 0.164 e. The minimum absolute atomic E-state index is 0.553. The molecule has 294 valence electrons. The molecule has 0 spiro atoms. The molecule has 0 aliphatic rings. The smallest absolute Gasteiger partial charge is 0.164 e. The van der Waals surface area contributed by atoms with Gasteiger partial charge in [-0.3, -0.25) is 0 Å². The third kappa shape index (κ3) is 5.62. The summed E-state index contributed by atoms with van der Waals surface area (Å²) in [5.41, 5.74) is 13.5. The highest BCUT2D eigenvalue weighted by atomic mass is 16.3. The van der Waals surface area contributed by atoms with E-state index in [2.05, 4.69) is 156 Å². The summed E-state index contributed by atoms with van der Waals surface area (Å²) in [4.78, 5) is 15.5. The van der Waals surface area contributed by atoms with Crippen molar-refractivity contribution in [2.75, 3.05) is 0 Å². The summed E-state index contributed by atoms with van der Waals surface area (Å²) in [6.45, 7) is 0. The quantitative estimate of drug-likeness (QED) is 0.167. The van der Waals surface area contributed by atoms with Gasteiger partial charge in [-0.25, -0.2) is 15.0 Å². The van der Waals surface area contributed by atoms with E-state index in [4.69, 9.17) is 23.8 Å². The Labute approximate surface area is 361 Å². The van der Waals surface area contributed by atoms with Crippen LogP contribution in [0.3, 0.4) is 0 Å². The van der Waals surface area contributed by atoms with E-state index in [0.29, 0.717) is 17.5 Å². The van der Waals surface area contributed by atoms with Crippen LogP contribution in [0.25, 0.3) is 128 Å². The molecule has 13 aromatic rings. The second-order valence-electron chi connectivity index (χ2n) is 15.9. The van der Waals surface area contributed by atoms with Gasteiger partial charge in [0.1, 0.15) is 22.3 Å². The molecule has 63 heavy (non-hydrogen) atoms. The van der Waals surface area contributed by atoms with Gasteiger partial charge in [0.2, 0.25) is 0 Å². The molecule has 0 radical (unpaired) electrons. The number of fused-ring (bicyclic) bond motifs is 9. The van der Waals surface area contributed by atoms with Crippen LogP contribution >= 0.6 is 0 Å². The molecule has 0 bridgehead atoms. The van der Waals surface area contributed by atoms with Crippen molar-refractivity contribution < 1.29 is 8.83 Å². The van der Waals surface area contributed by atoms with Crippen LogP contribution in [-0.4, -0.2) is 19.5 Å². The minimum atomic E-state index is 0.553. The Bertz CT molecular complexity index is 3900. The molecule has 0 amide bonds. The number of nitrogens with zero attached hydrogens (tertiary/aromatic N) is 4. The lowest BCUT2D eigenvalue weighted by Gasteiger charge is -2.12. The number of para-hydroxylation sites is 4. The van der Waals surface area contributed by atoms with Gasteiger partial charge in [0.25, 0.3) is 0 Å². The Balaban J connectivity index is 0.996. The van der Waals surface area contributed by atoms with E-state index in [9.17, 15) is 0 Å². The Morgan fingerprint density at radius 3 is 1.68 bits per heavy atom. The molecular weight excluding hydrogens is 773 g/mol. The molecule has 0 aliphatic carbocycles. The Morgan fingerprint density at radius 1 is 0.333 bits per heavy atom. The van der Waals surface area contributed by atoms with E-state index in [1.807, 2.05) is 54.6 Å². The van der Waals surface area contributed by atoms with Gasteiger partial charge in [0.05, 0.1) is 11.0 Å². The van der Waals surface area contributed by atoms with Crippen LogP contribution in [0.5, 0.6) is 0 Å². The van der Waals surface area contributed by atoms with Gasteiger partial charge in [0, 0.05) is 65.8 Å². The van der Waals surface area contributed by atoms with Gasteiger partial charge in [-0.15, -0.1) is 0 Å². The summed E-state index contributed by atoms with van der Waals surface area (Å²) >= 11 is 0. The molecule has 4 aromatic heterocycles. The van der Waals surface area contributed by atoms with Gasteiger partial charge in [0.15, 0.2) is 17.5 Å². The number of aromatic nitrogens is 4. The molecule has 0 unspecified atom stereocenters. The first kappa shape index (κ1) is 35.2. The summed E-state index contributed by atoms with van der Waals surface area (Å²) in [5, 5.41) is 6.42. The van der Waals surface area contributed by atoms with Crippen LogP contribution in [0.15, 0.2) is 215 Å². The van der Waals surface area contributed by atoms with Gasteiger partial charge in [-0.05, 0) is 59.7 Å². The van der Waals surface area contributed by atoms with E-state index >= 15 is 0 Å². The Kier molecular flexibility index (Phi) is 7.80. The second kappa shape index (κ2) is 14.0. The van der Waals surface area contributed by atoms with Gasteiger partial charge >= 0.3 is 0 Å². The first-order valence-electron chi connectivity index (χ1n) is 21.1. The van der Waals surface area contributed by atoms with Crippen LogP contribution in [0.2, 0.25) is 0 Å². The number of hydrogen-bond acceptors (Lipinski definition) is 5. The van der Waals surface area contributed by atoms with Crippen molar-refractivity contribution in [3.63, 3.8) is 0 Å². The van der Waals surface area contributed by atoms with Crippen molar-refractivity contribution in [2.45, 2.75) is 0 Å². The molecule has 0 N–H and O–H groups in total. The molecule has 0 aliphatic heterocycles. The molecule has 6 heteroatoms. The first-order chi connectivity index (χ1) is 31.2. The van der Waals surface area contributed by atoms with Crippen molar-refractivity contribution in [3.8, 4) is 62.1 Å². The maximum atomic E-state index is 6.92. The van der Waals surface area contributed by atoms with Crippen LogP contribution in [-0.2, 0) is 0 Å². The lowest BCUT2D eigenvalue weighted by atomic mass is 9.98. The average Bonchev–Trinajstić information content (AvgIpc) is 4.04. The third-order valence-electron chi connectivity index (χ3n) is 12.3. The van der Waals surface area contributed by atoms with Gasteiger partial charge < -0.3 is 13.4 Å². The number of benzene rings is 9. The van der Waals surface area contributed by atoms with Crippen molar-refractivity contribution in [1.82, 2.24) is 19.5 Å². The van der Waals surface area contributed by atoms with Crippen molar-refractivity contribution in [1.29, 1.82) is 0 Å². The highest BCUT2D eigenvalue weighted by Crippen LogP contribution is 2.44.